The van der Waals surface area contributed by atoms with Gasteiger partial charge in [0.25, 0.3) is 0 Å². The van der Waals surface area contributed by atoms with E-state index in [1.807, 2.05) is 24.3 Å². The first kappa shape index (κ1) is 12.1. The van der Waals surface area contributed by atoms with Crippen molar-refractivity contribution in [2.45, 2.75) is 25.4 Å². The molecule has 1 heterocycles. The van der Waals surface area contributed by atoms with E-state index in [1.54, 1.807) is 6.07 Å². The fraction of sp³-hybridized carbons (Fsp3) is 0.286. The van der Waals surface area contributed by atoms with Gasteiger partial charge in [0.2, 0.25) is 0 Å². The molecule has 0 bridgehead atoms. The highest BCUT2D eigenvalue weighted by Gasteiger charge is 2.25. The lowest BCUT2D eigenvalue weighted by Crippen LogP contribution is -2.84. The zero-order chi connectivity index (χ0) is 12.5. The molecule has 1 aliphatic rings. The number of hydrogen-bond donors (Lipinski definition) is 1. The first-order valence-electron chi connectivity index (χ1n) is 6.10. The number of nitrogens with two attached hydrogens (primary N) is 1. The number of furan rings is 1. The molecular formula is C14H14Cl2NO+. The van der Waals surface area contributed by atoms with Gasteiger partial charge in [0.1, 0.15) is 12.3 Å². The van der Waals surface area contributed by atoms with Gasteiger partial charge in [0.15, 0.2) is 5.76 Å². The van der Waals surface area contributed by atoms with Crippen molar-refractivity contribution in [1.29, 1.82) is 0 Å². The highest BCUT2D eigenvalue weighted by Crippen LogP contribution is 2.29. The molecule has 0 unspecified atom stereocenters. The van der Waals surface area contributed by atoms with E-state index >= 15 is 0 Å². The highest BCUT2D eigenvalue weighted by molar-refractivity contribution is 6.42. The van der Waals surface area contributed by atoms with E-state index < -0.39 is 0 Å². The van der Waals surface area contributed by atoms with Crippen molar-refractivity contribution in [3.8, 4) is 11.3 Å². The van der Waals surface area contributed by atoms with Crippen LogP contribution >= 0.6 is 23.2 Å². The SMILES string of the molecule is Clc1ccc(-c2ccc(C[NH2+]C3CC3)o2)cc1Cl. The summed E-state index contributed by atoms with van der Waals surface area (Å²) in [6, 6.07) is 10.4. The molecule has 18 heavy (non-hydrogen) atoms. The molecule has 2 aromatic rings. The molecule has 1 fully saturated rings. The van der Waals surface area contributed by atoms with Gasteiger partial charge in [-0.2, -0.15) is 0 Å². The van der Waals surface area contributed by atoms with Crippen LogP contribution in [0.2, 0.25) is 10.0 Å². The zero-order valence-electron chi connectivity index (χ0n) is 9.83. The topological polar surface area (TPSA) is 29.8 Å². The summed E-state index contributed by atoms with van der Waals surface area (Å²) in [4.78, 5) is 0. The van der Waals surface area contributed by atoms with Crippen LogP contribution in [0, 0.1) is 0 Å². The minimum absolute atomic E-state index is 0.552. The molecule has 2 N–H and O–H groups in total. The number of quaternary nitrogens is 1. The fourth-order valence-corrected chi connectivity index (χ4v) is 2.21. The Morgan fingerprint density at radius 3 is 2.67 bits per heavy atom. The molecule has 1 saturated carbocycles. The standard InChI is InChI=1S/C14H13Cl2NO/c15-12-5-1-9(7-13(12)16)14-6-4-11(18-14)8-17-10-2-3-10/h1,4-7,10,17H,2-3,8H2/p+1. The van der Waals surface area contributed by atoms with E-state index in [0.717, 1.165) is 29.7 Å². The van der Waals surface area contributed by atoms with E-state index in [4.69, 9.17) is 27.6 Å². The lowest BCUT2D eigenvalue weighted by atomic mass is 10.2. The van der Waals surface area contributed by atoms with Crippen molar-refractivity contribution >= 4 is 23.2 Å². The number of benzene rings is 1. The molecule has 0 atom stereocenters. The second-order valence-corrected chi connectivity index (χ2v) is 5.49. The van der Waals surface area contributed by atoms with Gasteiger partial charge in [-0.25, -0.2) is 0 Å². The van der Waals surface area contributed by atoms with Gasteiger partial charge in [0.05, 0.1) is 16.1 Å². The van der Waals surface area contributed by atoms with Gasteiger partial charge < -0.3 is 9.73 Å². The lowest BCUT2D eigenvalue weighted by Gasteiger charge is -2.00. The average molecular weight is 283 g/mol. The summed E-state index contributed by atoms with van der Waals surface area (Å²) >= 11 is 11.9. The Balaban J connectivity index is 1.76. The molecule has 3 rings (SSSR count). The third-order valence-electron chi connectivity index (χ3n) is 3.14. The molecule has 94 valence electrons. The second kappa shape index (κ2) is 4.96. The third-order valence-corrected chi connectivity index (χ3v) is 3.88. The minimum atomic E-state index is 0.552. The largest absolute Gasteiger partial charge is 0.455 e. The predicted molar refractivity (Wildman–Crippen MR) is 72.8 cm³/mol. The van der Waals surface area contributed by atoms with Crippen LogP contribution in [0.15, 0.2) is 34.7 Å². The fourth-order valence-electron chi connectivity index (χ4n) is 1.91. The molecule has 1 aromatic heterocycles. The summed E-state index contributed by atoms with van der Waals surface area (Å²) in [5.74, 6) is 1.84. The molecule has 1 aromatic carbocycles. The highest BCUT2D eigenvalue weighted by atomic mass is 35.5. The summed E-state index contributed by atoms with van der Waals surface area (Å²) in [5, 5.41) is 3.45. The van der Waals surface area contributed by atoms with Crippen molar-refractivity contribution in [2.75, 3.05) is 0 Å². The number of rotatable bonds is 4. The van der Waals surface area contributed by atoms with Crippen LogP contribution < -0.4 is 5.32 Å². The van der Waals surface area contributed by atoms with Gasteiger partial charge in [0, 0.05) is 18.4 Å². The molecule has 2 nitrogen and oxygen atoms in total. The normalized spacial score (nSPS) is 15.0. The van der Waals surface area contributed by atoms with Gasteiger partial charge in [-0.15, -0.1) is 0 Å². The van der Waals surface area contributed by atoms with Gasteiger partial charge >= 0.3 is 0 Å². The summed E-state index contributed by atoms with van der Waals surface area (Å²) in [6.07, 6.45) is 2.67. The van der Waals surface area contributed by atoms with Crippen molar-refractivity contribution in [1.82, 2.24) is 0 Å². The maximum absolute atomic E-state index is 6.00. The second-order valence-electron chi connectivity index (χ2n) is 4.67. The van der Waals surface area contributed by atoms with Crippen LogP contribution in [-0.2, 0) is 6.54 Å². The smallest absolute Gasteiger partial charge is 0.158 e. The summed E-state index contributed by atoms with van der Waals surface area (Å²) in [6.45, 7) is 0.909. The summed E-state index contributed by atoms with van der Waals surface area (Å²) < 4.78 is 5.81. The Labute approximate surface area is 116 Å². The van der Waals surface area contributed by atoms with Crippen molar-refractivity contribution in [2.24, 2.45) is 0 Å². The van der Waals surface area contributed by atoms with E-state index in [2.05, 4.69) is 5.32 Å². The van der Waals surface area contributed by atoms with Crippen molar-refractivity contribution < 1.29 is 9.73 Å². The maximum Gasteiger partial charge on any atom is 0.158 e. The van der Waals surface area contributed by atoms with E-state index in [9.17, 15) is 0 Å². The Morgan fingerprint density at radius 1 is 1.11 bits per heavy atom. The summed E-state index contributed by atoms with van der Waals surface area (Å²) in [7, 11) is 0. The minimum Gasteiger partial charge on any atom is -0.455 e. The molecule has 4 heteroatoms. The molecule has 0 aliphatic heterocycles. The van der Waals surface area contributed by atoms with Gasteiger partial charge in [-0.3, -0.25) is 0 Å². The van der Waals surface area contributed by atoms with E-state index in [1.165, 1.54) is 12.8 Å². The molecule has 0 spiro atoms. The van der Waals surface area contributed by atoms with Crippen molar-refractivity contribution in [3.05, 3.63) is 46.1 Å². The van der Waals surface area contributed by atoms with Crippen molar-refractivity contribution in [3.63, 3.8) is 0 Å². The Hall–Kier alpha value is -0.960. The number of hydrogen-bond acceptors (Lipinski definition) is 1. The lowest BCUT2D eigenvalue weighted by molar-refractivity contribution is -0.685. The Bertz CT molecular complexity index is 561. The van der Waals surface area contributed by atoms with E-state index in [-0.39, 0.29) is 0 Å². The predicted octanol–water partition coefficient (Wildman–Crippen LogP) is 3.48. The molecule has 0 radical (unpaired) electrons. The summed E-state index contributed by atoms with van der Waals surface area (Å²) in [5.41, 5.74) is 0.960. The van der Waals surface area contributed by atoms with Crippen LogP contribution in [0.4, 0.5) is 0 Å². The van der Waals surface area contributed by atoms with Crippen LogP contribution in [0.1, 0.15) is 18.6 Å². The zero-order valence-corrected chi connectivity index (χ0v) is 11.3. The maximum atomic E-state index is 6.00. The third kappa shape index (κ3) is 2.72. The Kier molecular flexibility index (Phi) is 3.33. The molecule has 0 saturated heterocycles. The van der Waals surface area contributed by atoms with Gasteiger partial charge in [-0.05, 0) is 30.3 Å². The first-order chi connectivity index (χ1) is 8.72. The van der Waals surface area contributed by atoms with Crippen LogP contribution in [0.5, 0.6) is 0 Å². The first-order valence-corrected chi connectivity index (χ1v) is 6.85. The average Bonchev–Trinajstić information content (AvgIpc) is 3.08. The molecular weight excluding hydrogens is 269 g/mol. The number of halogens is 2. The molecule has 0 amide bonds. The Morgan fingerprint density at radius 2 is 1.94 bits per heavy atom. The van der Waals surface area contributed by atoms with Crippen LogP contribution in [0.25, 0.3) is 11.3 Å². The van der Waals surface area contributed by atoms with Gasteiger partial charge in [-0.1, -0.05) is 23.2 Å². The van der Waals surface area contributed by atoms with Crippen LogP contribution in [-0.4, -0.2) is 6.04 Å². The van der Waals surface area contributed by atoms with Crippen LogP contribution in [0.3, 0.4) is 0 Å². The molecule has 1 aliphatic carbocycles. The van der Waals surface area contributed by atoms with E-state index in [0.29, 0.717) is 10.0 Å². The quantitative estimate of drug-likeness (QED) is 0.914. The monoisotopic (exact) mass is 282 g/mol.